The first-order chi connectivity index (χ1) is 28.6. The van der Waals surface area contributed by atoms with Crippen LogP contribution in [0.5, 0.6) is 11.8 Å². The average Bonchev–Trinajstić information content (AvgIpc) is 3.69. The number of anilines is 1. The van der Waals surface area contributed by atoms with Crippen LogP contribution in [0.3, 0.4) is 0 Å². The zero-order valence-corrected chi connectivity index (χ0v) is 36.0. The van der Waals surface area contributed by atoms with Gasteiger partial charge in [0.15, 0.2) is 12.6 Å². The lowest BCUT2D eigenvalue weighted by Gasteiger charge is -2.41. The summed E-state index contributed by atoms with van der Waals surface area (Å²) in [7, 11) is 1.45. The minimum absolute atomic E-state index is 0. The number of hydrogen-bond acceptors (Lipinski definition) is 11. The second-order valence-electron chi connectivity index (χ2n) is 16.2. The molecule has 18 heteroatoms. The number of alkyl halides is 3. The van der Waals surface area contributed by atoms with Crippen molar-refractivity contribution in [2.75, 3.05) is 58.1 Å². The summed E-state index contributed by atoms with van der Waals surface area (Å²) < 4.78 is 99.8. The Bertz CT molecular complexity index is 2320. The van der Waals surface area contributed by atoms with E-state index in [0.717, 1.165) is 6.42 Å². The molecule has 0 saturated carbocycles. The second kappa shape index (κ2) is 18.0. The van der Waals surface area contributed by atoms with Gasteiger partial charge in [-0.15, -0.1) is 19.6 Å². The number of carbonyl (C=O) groups excluding carboxylic acids is 1. The Labute approximate surface area is 358 Å². The lowest BCUT2D eigenvalue weighted by atomic mass is 9.94. The van der Waals surface area contributed by atoms with Crippen LogP contribution in [-0.4, -0.2) is 114 Å². The monoisotopic (exact) mass is 874 g/mol. The van der Waals surface area contributed by atoms with E-state index in [1.165, 1.54) is 25.3 Å². The first kappa shape index (κ1) is 45.8. The molecule has 0 N–H and O–H groups in total. The maximum Gasteiger partial charge on any atom is 0.522 e. The van der Waals surface area contributed by atoms with Crippen molar-refractivity contribution in [3.8, 4) is 35.4 Å². The number of benzene rings is 2. The number of halogens is 5. The van der Waals surface area contributed by atoms with Gasteiger partial charge in [0.1, 0.15) is 40.8 Å². The summed E-state index contributed by atoms with van der Waals surface area (Å²) in [5.41, 5.74) is -1.22. The van der Waals surface area contributed by atoms with E-state index in [1.807, 2.05) is 23.6 Å². The highest BCUT2D eigenvalue weighted by Crippen LogP contribution is 2.44. The van der Waals surface area contributed by atoms with Gasteiger partial charge in [0.2, 0.25) is 0 Å². The quantitative estimate of drug-likeness (QED) is 0.0973. The van der Waals surface area contributed by atoms with Gasteiger partial charge >= 0.3 is 18.5 Å². The topological polar surface area (TPSA) is 112 Å². The zero-order chi connectivity index (χ0) is 43.1. The molecule has 0 spiro atoms. The Hall–Kier alpha value is -4.70. The summed E-state index contributed by atoms with van der Waals surface area (Å²) in [5.74, 6) is 1.53. The zero-order valence-electron chi connectivity index (χ0n) is 35.0. The fourth-order valence-corrected chi connectivity index (χ4v) is 8.90. The molecule has 61 heavy (non-hydrogen) atoms. The highest BCUT2D eigenvalue weighted by molar-refractivity contribution is 7.59. The number of pyridine rings is 1. The lowest BCUT2D eigenvalue weighted by Crippen LogP contribution is -2.55. The van der Waals surface area contributed by atoms with Crippen molar-refractivity contribution in [1.82, 2.24) is 24.8 Å². The summed E-state index contributed by atoms with van der Waals surface area (Å²) in [4.78, 5) is 33.2. The highest BCUT2D eigenvalue weighted by Gasteiger charge is 2.52. The number of methoxy groups -OCH3 is 1. The smallest absolute Gasteiger partial charge is 0.468 e. The SMILES string of the molecule is C#Cc1c(F)ccc2cc(OCOC)cc(-c3nc4c5c(nc(OCC67CCCN6CC(OC(F)(F)F)C7)nc5c3F)N3CCN(C(=O)OC(C)(C)C)CC3CC4)c12.CC.S. The van der Waals surface area contributed by atoms with Crippen LogP contribution in [0.4, 0.5) is 32.6 Å². The van der Waals surface area contributed by atoms with Crippen molar-refractivity contribution in [2.24, 2.45) is 0 Å². The predicted octanol–water partition coefficient (Wildman–Crippen LogP) is 8.12. The van der Waals surface area contributed by atoms with Gasteiger partial charge < -0.3 is 28.7 Å². The summed E-state index contributed by atoms with van der Waals surface area (Å²) in [6, 6.07) is 5.44. The summed E-state index contributed by atoms with van der Waals surface area (Å²) in [6.45, 7) is 10.8. The maximum atomic E-state index is 17.5. The molecule has 3 unspecified atom stereocenters. The molecule has 4 aromatic rings. The average molecular weight is 875 g/mol. The number of amides is 1. The number of ether oxygens (including phenoxy) is 5. The summed E-state index contributed by atoms with van der Waals surface area (Å²) in [5, 5.41) is 1.07. The molecule has 6 heterocycles. The number of nitrogens with zero attached hydrogens (tertiary/aromatic N) is 6. The molecule has 0 radical (unpaired) electrons. The molecule has 3 saturated heterocycles. The molecule has 1 amide bonds. The Kier molecular flexibility index (Phi) is 13.5. The maximum absolute atomic E-state index is 17.5. The molecule has 2 aromatic heterocycles. The number of piperazine rings is 1. The van der Waals surface area contributed by atoms with Crippen molar-refractivity contribution in [2.45, 2.75) is 96.4 Å². The van der Waals surface area contributed by atoms with Gasteiger partial charge in [-0.25, -0.2) is 18.6 Å². The number of aryl methyl sites for hydroxylation is 1. The Morgan fingerprint density at radius 3 is 2.49 bits per heavy atom. The van der Waals surface area contributed by atoms with Gasteiger partial charge in [-0.2, -0.15) is 23.5 Å². The number of terminal acetylenes is 1. The van der Waals surface area contributed by atoms with E-state index in [2.05, 4.69) is 15.6 Å². The number of aromatic nitrogens is 3. The molecule has 3 fully saturated rings. The Morgan fingerprint density at radius 2 is 1.79 bits per heavy atom. The van der Waals surface area contributed by atoms with Crippen LogP contribution in [0.1, 0.15) is 71.6 Å². The van der Waals surface area contributed by atoms with Crippen molar-refractivity contribution in [1.29, 1.82) is 0 Å². The van der Waals surface area contributed by atoms with E-state index in [1.54, 1.807) is 31.7 Å². The molecule has 0 aliphatic carbocycles. The first-order valence-corrected chi connectivity index (χ1v) is 20.2. The van der Waals surface area contributed by atoms with Crippen LogP contribution < -0.4 is 14.4 Å². The molecule has 2 aromatic carbocycles. The molecule has 4 aliphatic heterocycles. The Morgan fingerprint density at radius 1 is 1.02 bits per heavy atom. The van der Waals surface area contributed by atoms with E-state index in [0.29, 0.717) is 60.4 Å². The van der Waals surface area contributed by atoms with E-state index in [-0.39, 0.29) is 92.7 Å². The molecule has 4 aliphatic rings. The van der Waals surface area contributed by atoms with Gasteiger partial charge in [0.25, 0.3) is 0 Å². The van der Waals surface area contributed by atoms with Gasteiger partial charge in [-0.3, -0.25) is 9.64 Å². The van der Waals surface area contributed by atoms with E-state index in [9.17, 15) is 18.0 Å². The second-order valence-corrected chi connectivity index (χ2v) is 16.2. The molecule has 0 bridgehead atoms. The molecule has 12 nitrogen and oxygen atoms in total. The molecular weight excluding hydrogens is 824 g/mol. The first-order valence-electron chi connectivity index (χ1n) is 20.2. The van der Waals surface area contributed by atoms with Crippen LogP contribution >= 0.6 is 13.5 Å². The van der Waals surface area contributed by atoms with Gasteiger partial charge in [0, 0.05) is 50.3 Å². The third-order valence-electron chi connectivity index (χ3n) is 11.3. The minimum atomic E-state index is -4.78. The van der Waals surface area contributed by atoms with E-state index in [4.69, 9.17) is 35.3 Å². The highest BCUT2D eigenvalue weighted by atomic mass is 32.1. The van der Waals surface area contributed by atoms with Crippen LogP contribution in [0.15, 0.2) is 24.3 Å². The summed E-state index contributed by atoms with van der Waals surface area (Å²) >= 11 is 0. The van der Waals surface area contributed by atoms with E-state index < -0.39 is 41.3 Å². The van der Waals surface area contributed by atoms with Crippen molar-refractivity contribution >= 4 is 47.1 Å². The lowest BCUT2D eigenvalue weighted by molar-refractivity contribution is -0.340. The van der Waals surface area contributed by atoms with Crippen LogP contribution in [0, 0.1) is 24.0 Å². The van der Waals surface area contributed by atoms with Crippen molar-refractivity contribution in [3.05, 3.63) is 47.2 Å². The third-order valence-corrected chi connectivity index (χ3v) is 11.3. The van der Waals surface area contributed by atoms with Crippen molar-refractivity contribution in [3.63, 3.8) is 0 Å². The third kappa shape index (κ3) is 9.25. The van der Waals surface area contributed by atoms with Gasteiger partial charge in [-0.05, 0) is 83.0 Å². The standard InChI is InChI=1S/C41H43F5N6O6.C2H6.H2S/c1-6-27-29(42)10-8-23-16-25(56-22-54-5)17-28(31(23)27)34-33(43)35-32-30(47-34)11-9-24-19-50(38(53)58-39(2,3)4)14-15-52(24)36(32)49-37(48-35)55-21-40-12-7-13-51(40)20-26(18-40)57-41(44,45)46;1-2;/h1,8,10,16-17,24,26H,7,9,11-15,18-22H2,2-5H3;1-2H3;1H2. The number of carbonyl (C=O) groups is 1. The Balaban J connectivity index is 0.00000204. The largest absolute Gasteiger partial charge is 0.522 e. The van der Waals surface area contributed by atoms with Crippen LogP contribution in [-0.2, 0) is 20.6 Å². The fourth-order valence-electron chi connectivity index (χ4n) is 8.90. The number of hydrogen-bond donors (Lipinski definition) is 0. The normalized spacial score (nSPS) is 21.1. The molecule has 3 atom stereocenters. The predicted molar refractivity (Wildman–Crippen MR) is 224 cm³/mol. The van der Waals surface area contributed by atoms with Crippen LogP contribution in [0.2, 0.25) is 0 Å². The molecule has 8 rings (SSSR count). The van der Waals surface area contributed by atoms with Gasteiger partial charge in [0.05, 0.1) is 28.3 Å². The molecular formula is C43H51F5N6O6S. The minimum Gasteiger partial charge on any atom is -0.468 e. The number of rotatable bonds is 8. The van der Waals surface area contributed by atoms with Crippen molar-refractivity contribution < 1.29 is 50.4 Å². The summed E-state index contributed by atoms with van der Waals surface area (Å²) in [6.07, 6.45) is 1.73. The van der Waals surface area contributed by atoms with Crippen LogP contribution in [0.25, 0.3) is 32.9 Å². The number of fused-ring (bicyclic) bond motifs is 4. The van der Waals surface area contributed by atoms with Gasteiger partial charge in [-0.1, -0.05) is 25.8 Å². The fraction of sp³-hybridized carbons (Fsp3) is 0.535. The van der Waals surface area contributed by atoms with E-state index >= 15 is 8.78 Å². The molecule has 330 valence electrons.